The minimum absolute atomic E-state index is 0.0454. The molecule has 1 aromatic carbocycles. The van der Waals surface area contributed by atoms with Crippen LogP contribution in [0, 0.1) is 11.3 Å². The Kier molecular flexibility index (Phi) is 6.71. The second-order valence-corrected chi connectivity index (χ2v) is 6.02. The first-order chi connectivity index (χ1) is 13.7. The van der Waals surface area contributed by atoms with E-state index in [0.29, 0.717) is 43.4 Å². The third-order valence-electron chi connectivity index (χ3n) is 4.16. The molecule has 1 aromatic heterocycles. The number of halogens is 1. The van der Waals surface area contributed by atoms with Crippen LogP contribution in [-0.2, 0) is 4.74 Å². The average molecular weight is 386 g/mol. The molecule has 0 unspecified atom stereocenters. The summed E-state index contributed by atoms with van der Waals surface area (Å²) in [5.74, 6) is -0.729. The number of hydrogen-bond acceptors (Lipinski definition) is 7. The van der Waals surface area contributed by atoms with Crippen LogP contribution in [-0.4, -0.2) is 48.7 Å². The van der Waals surface area contributed by atoms with E-state index < -0.39 is 5.91 Å². The number of quaternary nitrogens is 1. The number of nitrogens with two attached hydrogens (primary N) is 1. The minimum atomic E-state index is -0.413. The van der Waals surface area contributed by atoms with Gasteiger partial charge < -0.3 is 15.0 Å². The number of rotatable bonds is 7. The van der Waals surface area contributed by atoms with Gasteiger partial charge >= 0.3 is 0 Å². The number of morpholine rings is 1. The molecule has 0 atom stereocenters. The molecule has 0 spiro atoms. The minimum Gasteiger partial charge on any atom is -0.378 e. The van der Waals surface area contributed by atoms with Crippen LogP contribution in [0.4, 0.5) is 15.8 Å². The van der Waals surface area contributed by atoms with Gasteiger partial charge in [-0.15, -0.1) is 0 Å². The van der Waals surface area contributed by atoms with Gasteiger partial charge in [-0.1, -0.05) is 0 Å². The number of amides is 1. The monoisotopic (exact) mass is 386 g/mol. The highest BCUT2D eigenvalue weighted by Gasteiger charge is 2.16. The van der Waals surface area contributed by atoms with E-state index in [1.807, 2.05) is 4.90 Å². The van der Waals surface area contributed by atoms with Crippen molar-refractivity contribution in [3.8, 4) is 0 Å². The number of benzene rings is 1. The summed E-state index contributed by atoms with van der Waals surface area (Å²) >= 11 is 0. The Morgan fingerprint density at radius 2 is 2.21 bits per heavy atom. The van der Waals surface area contributed by atoms with Crippen molar-refractivity contribution >= 4 is 17.3 Å². The SMILES string of the molecule is N=N/C(=C\[NH2+]c1ccc(N2CCOCC2)c(F)c1)CNC(=O)c1cnccn1. The maximum atomic E-state index is 14.4. The highest BCUT2D eigenvalue weighted by molar-refractivity contribution is 5.91. The van der Waals surface area contributed by atoms with Crippen molar-refractivity contribution in [2.45, 2.75) is 0 Å². The maximum Gasteiger partial charge on any atom is 0.271 e. The average Bonchev–Trinajstić information content (AvgIpc) is 2.75. The second-order valence-electron chi connectivity index (χ2n) is 6.02. The first kappa shape index (κ1) is 19.5. The molecule has 2 heterocycles. The number of anilines is 1. The van der Waals surface area contributed by atoms with Gasteiger partial charge in [0, 0.05) is 37.6 Å². The fourth-order valence-corrected chi connectivity index (χ4v) is 2.69. The molecule has 146 valence electrons. The fourth-order valence-electron chi connectivity index (χ4n) is 2.69. The zero-order valence-electron chi connectivity index (χ0n) is 15.1. The molecule has 1 fully saturated rings. The molecule has 1 amide bonds. The summed E-state index contributed by atoms with van der Waals surface area (Å²) in [6.07, 6.45) is 5.80. The molecule has 0 saturated carbocycles. The third kappa shape index (κ3) is 5.15. The summed E-state index contributed by atoms with van der Waals surface area (Å²) in [4.78, 5) is 21.6. The molecule has 2 aromatic rings. The summed E-state index contributed by atoms with van der Waals surface area (Å²) in [6, 6.07) is 4.96. The van der Waals surface area contributed by atoms with Crippen LogP contribution in [0.25, 0.3) is 0 Å². The molecule has 3 rings (SSSR count). The molecule has 1 aliphatic heterocycles. The van der Waals surface area contributed by atoms with E-state index in [2.05, 4.69) is 20.4 Å². The van der Waals surface area contributed by atoms with E-state index in [4.69, 9.17) is 10.3 Å². The summed E-state index contributed by atoms with van der Waals surface area (Å²) < 4.78 is 19.7. The van der Waals surface area contributed by atoms with Crippen LogP contribution < -0.4 is 15.5 Å². The van der Waals surface area contributed by atoms with E-state index in [9.17, 15) is 9.18 Å². The number of nitrogens with zero attached hydrogens (tertiary/aromatic N) is 4. The molecule has 0 aliphatic carbocycles. The predicted octanol–water partition coefficient (Wildman–Crippen LogP) is 0.950. The van der Waals surface area contributed by atoms with Crippen LogP contribution in [0.2, 0.25) is 0 Å². The van der Waals surface area contributed by atoms with Crippen molar-refractivity contribution < 1.29 is 19.2 Å². The van der Waals surface area contributed by atoms with Gasteiger partial charge in [0.25, 0.3) is 5.91 Å². The zero-order valence-corrected chi connectivity index (χ0v) is 15.1. The Bertz CT molecular complexity index is 854. The first-order valence-electron chi connectivity index (χ1n) is 8.75. The predicted molar refractivity (Wildman–Crippen MR) is 98.6 cm³/mol. The Hall–Kier alpha value is -3.24. The van der Waals surface area contributed by atoms with Crippen molar-refractivity contribution in [1.29, 1.82) is 5.53 Å². The van der Waals surface area contributed by atoms with E-state index in [-0.39, 0.29) is 18.1 Å². The number of carbonyl (C=O) groups excluding carboxylic acids is 1. The summed E-state index contributed by atoms with van der Waals surface area (Å²) in [7, 11) is 0. The van der Waals surface area contributed by atoms with E-state index in [1.54, 1.807) is 23.6 Å². The van der Waals surface area contributed by atoms with Gasteiger partial charge in [0.2, 0.25) is 0 Å². The van der Waals surface area contributed by atoms with Crippen LogP contribution >= 0.6 is 0 Å². The number of aromatic nitrogens is 2. The standard InChI is InChI=1S/C18H20FN7O2/c19-15-9-13(1-2-17(15)26-5-7-28-8-6-26)23-10-14(25-20)11-24-18(27)16-12-21-3-4-22-16/h1-4,9-10,12,20,23H,5-8,11H2,(H,24,27)/p+1/b14-10-,25-20?. The number of ether oxygens (including phenoxy) is 1. The Morgan fingerprint density at radius 3 is 2.89 bits per heavy atom. The topological polar surface area (TPSA) is 120 Å². The zero-order chi connectivity index (χ0) is 19.8. The third-order valence-corrected chi connectivity index (χ3v) is 4.16. The van der Waals surface area contributed by atoms with Gasteiger partial charge in [0.05, 0.1) is 31.6 Å². The van der Waals surface area contributed by atoms with Crippen LogP contribution in [0.15, 0.2) is 53.8 Å². The summed E-state index contributed by atoms with van der Waals surface area (Å²) in [5.41, 5.74) is 8.92. The second kappa shape index (κ2) is 9.62. The van der Waals surface area contributed by atoms with Gasteiger partial charge in [0.1, 0.15) is 23.3 Å². The smallest absolute Gasteiger partial charge is 0.271 e. The van der Waals surface area contributed by atoms with Crippen molar-refractivity contribution in [1.82, 2.24) is 15.3 Å². The Balaban J connectivity index is 1.58. The van der Waals surface area contributed by atoms with Crippen molar-refractivity contribution in [3.63, 3.8) is 0 Å². The van der Waals surface area contributed by atoms with Gasteiger partial charge in [-0.25, -0.2) is 14.9 Å². The Morgan fingerprint density at radius 1 is 1.39 bits per heavy atom. The normalized spacial score (nSPS) is 14.6. The molecule has 0 bridgehead atoms. The largest absolute Gasteiger partial charge is 0.378 e. The summed E-state index contributed by atoms with van der Waals surface area (Å²) in [5, 5.41) is 7.66. The lowest BCUT2D eigenvalue weighted by atomic mass is 10.2. The van der Waals surface area contributed by atoms with Crippen LogP contribution in [0.5, 0.6) is 0 Å². The molecule has 1 aliphatic rings. The van der Waals surface area contributed by atoms with Gasteiger partial charge in [-0.2, -0.15) is 5.11 Å². The maximum absolute atomic E-state index is 14.4. The number of nitrogens with one attached hydrogen (secondary N) is 2. The molecule has 0 radical (unpaired) electrons. The molecule has 1 saturated heterocycles. The number of hydrogen-bond donors (Lipinski definition) is 3. The van der Waals surface area contributed by atoms with E-state index in [0.717, 1.165) is 0 Å². The van der Waals surface area contributed by atoms with Crippen LogP contribution in [0.3, 0.4) is 0 Å². The van der Waals surface area contributed by atoms with Gasteiger partial charge in [-0.3, -0.25) is 15.1 Å². The summed E-state index contributed by atoms with van der Waals surface area (Å²) in [6.45, 7) is 2.54. The molecule has 10 heteroatoms. The highest BCUT2D eigenvalue weighted by atomic mass is 19.1. The molecule has 28 heavy (non-hydrogen) atoms. The van der Waals surface area contributed by atoms with Crippen molar-refractivity contribution in [3.05, 3.63) is 60.2 Å². The first-order valence-corrected chi connectivity index (χ1v) is 8.75. The molecule has 9 nitrogen and oxygen atoms in total. The lowest BCUT2D eigenvalue weighted by Gasteiger charge is -2.29. The van der Waals surface area contributed by atoms with Gasteiger partial charge in [0.15, 0.2) is 5.82 Å². The highest BCUT2D eigenvalue weighted by Crippen LogP contribution is 2.22. The Labute approximate surface area is 161 Å². The lowest BCUT2D eigenvalue weighted by molar-refractivity contribution is -0.497. The molecular weight excluding hydrogens is 365 g/mol. The quantitative estimate of drug-likeness (QED) is 0.483. The van der Waals surface area contributed by atoms with E-state index >= 15 is 0 Å². The van der Waals surface area contributed by atoms with Crippen molar-refractivity contribution in [2.24, 2.45) is 5.11 Å². The lowest BCUT2D eigenvalue weighted by Crippen LogP contribution is -2.71. The van der Waals surface area contributed by atoms with Crippen LogP contribution in [0.1, 0.15) is 10.5 Å². The van der Waals surface area contributed by atoms with Crippen molar-refractivity contribution in [2.75, 3.05) is 37.7 Å². The fraction of sp³-hybridized carbons (Fsp3) is 0.278. The molecule has 4 N–H and O–H groups in total. The van der Waals surface area contributed by atoms with E-state index in [1.165, 1.54) is 24.7 Å². The van der Waals surface area contributed by atoms with Gasteiger partial charge in [-0.05, 0) is 6.07 Å². The number of carbonyl (C=O) groups is 1. The molecular formula is C18H21FN7O2+.